The number of benzene rings is 1. The zero-order chi connectivity index (χ0) is 21.4. The predicted octanol–water partition coefficient (Wildman–Crippen LogP) is 3.81. The van der Waals surface area contributed by atoms with Gasteiger partial charge in [0.05, 0.1) is 16.8 Å². The van der Waals surface area contributed by atoms with E-state index in [-0.39, 0.29) is 17.3 Å². The quantitative estimate of drug-likeness (QED) is 0.509. The number of thiophene rings is 2. The number of piperazine rings is 1. The maximum absolute atomic E-state index is 13.2. The molecule has 3 aromatic heterocycles. The maximum atomic E-state index is 13.2. The Morgan fingerprint density at radius 2 is 1.87 bits per heavy atom. The van der Waals surface area contributed by atoms with E-state index in [0.29, 0.717) is 35.7 Å². The summed E-state index contributed by atoms with van der Waals surface area (Å²) in [7, 11) is 0. The normalized spacial score (nSPS) is 14.9. The Hall–Kier alpha value is -2.88. The Labute approximate surface area is 185 Å². The Balaban J connectivity index is 1.30. The number of carbonyl (C=O) groups excluding carboxylic acids is 1. The molecule has 0 aliphatic carbocycles. The molecule has 31 heavy (non-hydrogen) atoms. The van der Waals surface area contributed by atoms with E-state index in [1.807, 2.05) is 27.8 Å². The molecule has 0 bridgehead atoms. The second-order valence-electron chi connectivity index (χ2n) is 7.39. The summed E-state index contributed by atoms with van der Waals surface area (Å²) in [4.78, 5) is 38.4. The van der Waals surface area contributed by atoms with Gasteiger partial charge in [-0.3, -0.25) is 14.5 Å². The highest BCUT2D eigenvalue weighted by molar-refractivity contribution is 7.17. The van der Waals surface area contributed by atoms with Crippen molar-refractivity contribution in [3.63, 3.8) is 0 Å². The highest BCUT2D eigenvalue weighted by Crippen LogP contribution is 2.30. The lowest BCUT2D eigenvalue weighted by molar-refractivity contribution is 0.0630. The second kappa shape index (κ2) is 8.33. The third-order valence-electron chi connectivity index (χ3n) is 5.41. The van der Waals surface area contributed by atoms with Crippen molar-refractivity contribution in [2.45, 2.75) is 6.54 Å². The SMILES string of the molecule is O=C(c1cccs1)N1CCN(Cc2nc3scc(-c4ccc(F)cc4)c3c(=O)[nH]2)CC1. The number of hydrogen-bond donors (Lipinski definition) is 1. The third-order valence-corrected chi connectivity index (χ3v) is 7.14. The van der Waals surface area contributed by atoms with Crippen molar-refractivity contribution in [1.29, 1.82) is 0 Å². The van der Waals surface area contributed by atoms with E-state index in [0.717, 1.165) is 29.1 Å². The van der Waals surface area contributed by atoms with Crippen LogP contribution in [0.3, 0.4) is 0 Å². The molecule has 158 valence electrons. The molecule has 1 aromatic carbocycles. The third kappa shape index (κ3) is 4.04. The molecule has 4 aromatic rings. The number of H-pyrrole nitrogens is 1. The van der Waals surface area contributed by atoms with Crippen LogP contribution in [0.25, 0.3) is 21.3 Å². The summed E-state index contributed by atoms with van der Waals surface area (Å²) in [6.07, 6.45) is 0. The van der Waals surface area contributed by atoms with Crippen molar-refractivity contribution in [2.24, 2.45) is 0 Å². The number of aromatic nitrogens is 2. The van der Waals surface area contributed by atoms with E-state index in [4.69, 9.17) is 0 Å². The molecule has 9 heteroatoms. The summed E-state index contributed by atoms with van der Waals surface area (Å²) in [5.74, 6) is 0.382. The van der Waals surface area contributed by atoms with E-state index < -0.39 is 0 Å². The molecule has 0 radical (unpaired) electrons. The number of fused-ring (bicyclic) bond motifs is 1. The van der Waals surface area contributed by atoms with Gasteiger partial charge in [-0.25, -0.2) is 9.37 Å². The van der Waals surface area contributed by atoms with Crippen LogP contribution in [-0.2, 0) is 6.54 Å². The highest BCUT2D eigenvalue weighted by atomic mass is 32.1. The summed E-state index contributed by atoms with van der Waals surface area (Å²) >= 11 is 2.87. The molecule has 5 rings (SSSR count). The summed E-state index contributed by atoms with van der Waals surface area (Å²) in [5.41, 5.74) is 1.37. The first-order valence-electron chi connectivity index (χ1n) is 9.90. The predicted molar refractivity (Wildman–Crippen MR) is 121 cm³/mol. The van der Waals surface area contributed by atoms with E-state index in [2.05, 4.69) is 14.9 Å². The van der Waals surface area contributed by atoms with Crippen LogP contribution < -0.4 is 5.56 Å². The first-order chi connectivity index (χ1) is 15.1. The van der Waals surface area contributed by atoms with Gasteiger partial charge in [0, 0.05) is 37.1 Å². The topological polar surface area (TPSA) is 69.3 Å². The van der Waals surface area contributed by atoms with E-state index in [1.165, 1.54) is 34.8 Å². The summed E-state index contributed by atoms with van der Waals surface area (Å²) in [6, 6.07) is 9.85. The van der Waals surface area contributed by atoms with Gasteiger partial charge in [0.25, 0.3) is 11.5 Å². The van der Waals surface area contributed by atoms with Gasteiger partial charge in [0.15, 0.2) is 0 Å². The maximum Gasteiger partial charge on any atom is 0.264 e. The molecular weight excluding hydrogens is 435 g/mol. The Bertz CT molecular complexity index is 1270. The number of nitrogens with zero attached hydrogens (tertiary/aromatic N) is 3. The average Bonchev–Trinajstić information content (AvgIpc) is 3.45. The fourth-order valence-corrected chi connectivity index (χ4v) is 5.44. The minimum Gasteiger partial charge on any atom is -0.335 e. The van der Waals surface area contributed by atoms with E-state index in [1.54, 1.807) is 12.1 Å². The van der Waals surface area contributed by atoms with E-state index in [9.17, 15) is 14.0 Å². The molecule has 6 nitrogen and oxygen atoms in total. The average molecular weight is 455 g/mol. The Morgan fingerprint density at radius 1 is 1.10 bits per heavy atom. The van der Waals surface area contributed by atoms with Gasteiger partial charge < -0.3 is 9.88 Å². The first-order valence-corrected chi connectivity index (χ1v) is 11.7. The molecule has 1 aliphatic rings. The molecule has 0 unspecified atom stereocenters. The minimum atomic E-state index is -0.310. The molecule has 1 N–H and O–H groups in total. The molecule has 1 fully saturated rings. The Kier molecular flexibility index (Phi) is 5.39. The molecule has 0 spiro atoms. The number of nitrogens with one attached hydrogen (secondary N) is 1. The van der Waals surface area contributed by atoms with Crippen LogP contribution >= 0.6 is 22.7 Å². The van der Waals surface area contributed by atoms with Crippen LogP contribution in [-0.4, -0.2) is 51.9 Å². The van der Waals surface area contributed by atoms with Crippen LogP contribution in [0.4, 0.5) is 4.39 Å². The van der Waals surface area contributed by atoms with Crippen LogP contribution in [0.2, 0.25) is 0 Å². The smallest absolute Gasteiger partial charge is 0.264 e. The molecule has 0 saturated carbocycles. The van der Waals surface area contributed by atoms with Crippen molar-refractivity contribution in [3.05, 3.63) is 74.0 Å². The van der Waals surface area contributed by atoms with E-state index >= 15 is 0 Å². The monoisotopic (exact) mass is 454 g/mol. The molecular formula is C22H19FN4O2S2. The molecule has 0 atom stereocenters. The van der Waals surface area contributed by atoms with Crippen LogP contribution in [0, 0.1) is 5.82 Å². The number of halogens is 1. The zero-order valence-electron chi connectivity index (χ0n) is 16.5. The minimum absolute atomic E-state index is 0.0782. The zero-order valence-corrected chi connectivity index (χ0v) is 18.1. The molecule has 4 heterocycles. The summed E-state index contributed by atoms with van der Waals surface area (Å²) < 4.78 is 13.2. The van der Waals surface area contributed by atoms with Crippen molar-refractivity contribution >= 4 is 38.8 Å². The van der Waals surface area contributed by atoms with Crippen LogP contribution in [0.15, 0.2) is 52.0 Å². The standard InChI is InChI=1S/C22H19FN4O2S2/c23-15-5-3-14(4-6-15)16-13-31-21-19(16)20(28)24-18(25-21)12-26-7-9-27(10-8-26)22(29)17-2-1-11-30-17/h1-6,11,13H,7-10,12H2,(H,24,25,28). The van der Waals surface area contributed by atoms with Crippen LogP contribution in [0.1, 0.15) is 15.5 Å². The second-order valence-corrected chi connectivity index (χ2v) is 9.20. The lowest BCUT2D eigenvalue weighted by Gasteiger charge is -2.34. The highest BCUT2D eigenvalue weighted by Gasteiger charge is 2.23. The fourth-order valence-electron chi connectivity index (χ4n) is 3.79. The van der Waals surface area contributed by atoms with Crippen molar-refractivity contribution in [3.8, 4) is 11.1 Å². The van der Waals surface area contributed by atoms with Gasteiger partial charge in [-0.05, 0) is 29.1 Å². The number of hydrogen-bond acceptors (Lipinski definition) is 6. The van der Waals surface area contributed by atoms with Crippen molar-refractivity contribution in [1.82, 2.24) is 19.8 Å². The number of carbonyl (C=O) groups is 1. The van der Waals surface area contributed by atoms with Crippen molar-refractivity contribution < 1.29 is 9.18 Å². The largest absolute Gasteiger partial charge is 0.335 e. The van der Waals surface area contributed by atoms with Crippen molar-refractivity contribution in [2.75, 3.05) is 26.2 Å². The van der Waals surface area contributed by atoms with Crippen LogP contribution in [0.5, 0.6) is 0 Å². The van der Waals surface area contributed by atoms with Gasteiger partial charge in [-0.2, -0.15) is 0 Å². The summed E-state index contributed by atoms with van der Waals surface area (Å²) in [5, 5.41) is 4.33. The fraction of sp³-hybridized carbons (Fsp3) is 0.227. The van der Waals surface area contributed by atoms with Gasteiger partial charge in [-0.15, -0.1) is 22.7 Å². The van der Waals surface area contributed by atoms with Gasteiger partial charge >= 0.3 is 0 Å². The number of rotatable bonds is 4. The first kappa shape index (κ1) is 20.0. The molecule has 1 amide bonds. The van der Waals surface area contributed by atoms with Gasteiger partial charge in [0.1, 0.15) is 16.5 Å². The van der Waals surface area contributed by atoms with Gasteiger partial charge in [-0.1, -0.05) is 18.2 Å². The Morgan fingerprint density at radius 3 is 2.58 bits per heavy atom. The lowest BCUT2D eigenvalue weighted by Crippen LogP contribution is -2.48. The molecule has 1 saturated heterocycles. The lowest BCUT2D eigenvalue weighted by atomic mass is 10.1. The number of aromatic amines is 1. The number of amides is 1. The van der Waals surface area contributed by atoms with Gasteiger partial charge in [0.2, 0.25) is 0 Å². The summed E-state index contributed by atoms with van der Waals surface area (Å²) in [6.45, 7) is 3.28. The molecule has 1 aliphatic heterocycles.